The van der Waals surface area contributed by atoms with Gasteiger partial charge >= 0.3 is 0 Å². The van der Waals surface area contributed by atoms with E-state index >= 15 is 0 Å². The number of carbonyl (C=O) groups is 1. The Hall–Kier alpha value is -3.43. The fourth-order valence-electron chi connectivity index (χ4n) is 3.61. The number of rotatable bonds is 7. The number of thiazole rings is 1. The van der Waals surface area contributed by atoms with Crippen molar-refractivity contribution < 1.29 is 9.53 Å². The topological polar surface area (TPSA) is 81.4 Å². The van der Waals surface area contributed by atoms with Gasteiger partial charge < -0.3 is 10.1 Å². The van der Waals surface area contributed by atoms with Crippen LogP contribution in [0, 0.1) is 6.92 Å². The molecule has 0 bridgehead atoms. The Bertz CT molecular complexity index is 1440. The van der Waals surface area contributed by atoms with Gasteiger partial charge in [0.25, 0.3) is 0 Å². The summed E-state index contributed by atoms with van der Waals surface area (Å²) in [4.78, 5) is 17.0. The molecule has 3 aromatic heterocycles. The highest BCUT2D eigenvalue weighted by atomic mass is 32.2. The van der Waals surface area contributed by atoms with E-state index in [9.17, 15) is 4.79 Å². The van der Waals surface area contributed by atoms with Crippen LogP contribution >= 0.6 is 23.1 Å². The largest absolute Gasteiger partial charge is 0.497 e. The van der Waals surface area contributed by atoms with Gasteiger partial charge in [0.1, 0.15) is 5.75 Å². The van der Waals surface area contributed by atoms with Gasteiger partial charge in [-0.15, -0.1) is 21.5 Å². The zero-order chi connectivity index (χ0) is 22.8. The fourth-order valence-corrected chi connectivity index (χ4v) is 5.24. The number of nitrogens with one attached hydrogen (secondary N) is 1. The van der Waals surface area contributed by atoms with Crippen molar-refractivity contribution >= 4 is 50.7 Å². The van der Waals surface area contributed by atoms with E-state index in [0.717, 1.165) is 33.3 Å². The minimum atomic E-state index is -0.0762. The van der Waals surface area contributed by atoms with E-state index in [2.05, 4.69) is 39.6 Å². The Morgan fingerprint density at radius 2 is 1.97 bits per heavy atom. The number of hydrogen-bond acceptors (Lipinski definition) is 7. The number of hydrogen-bond donors (Lipinski definition) is 1. The Balaban J connectivity index is 1.22. The van der Waals surface area contributed by atoms with E-state index in [1.54, 1.807) is 7.11 Å². The van der Waals surface area contributed by atoms with Gasteiger partial charge in [-0.25, -0.2) is 4.98 Å². The SMILES string of the molecule is COc1ccc(-c2csc(NC(=O)CCSc3nnc4cc(C)c5ccccc5n34)n2)cc1. The third-order valence-electron chi connectivity index (χ3n) is 5.27. The minimum Gasteiger partial charge on any atom is -0.497 e. The zero-order valence-corrected chi connectivity index (χ0v) is 19.7. The molecule has 2 aromatic carbocycles. The van der Waals surface area contributed by atoms with Crippen LogP contribution in [0.25, 0.3) is 27.8 Å². The summed E-state index contributed by atoms with van der Waals surface area (Å²) in [5, 5.41) is 16.0. The number of anilines is 1. The van der Waals surface area contributed by atoms with Crippen molar-refractivity contribution in [3.8, 4) is 17.0 Å². The Morgan fingerprint density at radius 3 is 2.79 bits per heavy atom. The van der Waals surface area contributed by atoms with E-state index < -0.39 is 0 Å². The van der Waals surface area contributed by atoms with Crippen molar-refractivity contribution in [2.24, 2.45) is 0 Å². The number of amides is 1. The first-order valence-electron chi connectivity index (χ1n) is 10.4. The van der Waals surface area contributed by atoms with Crippen molar-refractivity contribution in [2.75, 3.05) is 18.2 Å². The van der Waals surface area contributed by atoms with Gasteiger partial charge in [-0.2, -0.15) is 0 Å². The molecule has 0 fully saturated rings. The van der Waals surface area contributed by atoms with Crippen molar-refractivity contribution in [3.05, 3.63) is 65.5 Å². The monoisotopic (exact) mass is 475 g/mol. The molecule has 5 aromatic rings. The molecule has 1 amide bonds. The first kappa shape index (κ1) is 21.4. The molecule has 0 atom stereocenters. The summed E-state index contributed by atoms with van der Waals surface area (Å²) in [5.74, 6) is 1.31. The molecule has 0 saturated carbocycles. The summed E-state index contributed by atoms with van der Waals surface area (Å²) in [6.45, 7) is 2.08. The van der Waals surface area contributed by atoms with Gasteiger partial charge in [-0.1, -0.05) is 30.0 Å². The lowest BCUT2D eigenvalue weighted by Crippen LogP contribution is -2.12. The Morgan fingerprint density at radius 1 is 1.15 bits per heavy atom. The molecule has 7 nitrogen and oxygen atoms in total. The number of thioether (sulfide) groups is 1. The van der Waals surface area contributed by atoms with Crippen LogP contribution in [0.1, 0.15) is 12.0 Å². The summed E-state index contributed by atoms with van der Waals surface area (Å²) in [7, 11) is 1.64. The summed E-state index contributed by atoms with van der Waals surface area (Å²) in [6.07, 6.45) is 0.348. The van der Waals surface area contributed by atoms with E-state index in [-0.39, 0.29) is 5.91 Å². The number of ether oxygens (including phenoxy) is 1. The number of fused-ring (bicyclic) bond motifs is 3. The van der Waals surface area contributed by atoms with Gasteiger partial charge in [0.05, 0.1) is 18.3 Å². The maximum absolute atomic E-state index is 12.5. The second-order valence-electron chi connectivity index (χ2n) is 7.43. The summed E-state index contributed by atoms with van der Waals surface area (Å²) in [5.41, 5.74) is 4.85. The number of aryl methyl sites for hydroxylation is 1. The van der Waals surface area contributed by atoms with Crippen LogP contribution in [0.15, 0.2) is 65.1 Å². The molecular weight excluding hydrogens is 454 g/mol. The van der Waals surface area contributed by atoms with Crippen LogP contribution in [0.2, 0.25) is 0 Å². The van der Waals surface area contributed by atoms with Gasteiger partial charge in [-0.05, 0) is 48.9 Å². The Labute approximate surface area is 198 Å². The maximum Gasteiger partial charge on any atom is 0.226 e. The quantitative estimate of drug-likeness (QED) is 0.316. The highest BCUT2D eigenvalue weighted by Crippen LogP contribution is 2.28. The standard InChI is InChI=1S/C24H21N5O2S2/c1-15-13-21-27-28-24(29(21)20-6-4-3-5-18(15)20)32-12-11-22(30)26-23-25-19(14-33-23)16-7-9-17(31-2)10-8-16/h3-10,13-14H,11-12H2,1-2H3,(H,25,26,30). The van der Waals surface area contributed by atoms with Crippen LogP contribution in [-0.4, -0.2) is 38.4 Å². The molecule has 33 heavy (non-hydrogen) atoms. The lowest BCUT2D eigenvalue weighted by atomic mass is 10.1. The van der Waals surface area contributed by atoms with Gasteiger partial charge in [0.2, 0.25) is 5.91 Å². The molecule has 1 N–H and O–H groups in total. The van der Waals surface area contributed by atoms with Crippen molar-refractivity contribution in [2.45, 2.75) is 18.5 Å². The highest BCUT2D eigenvalue weighted by Gasteiger charge is 2.13. The van der Waals surface area contributed by atoms with Crippen LogP contribution in [-0.2, 0) is 4.79 Å². The zero-order valence-electron chi connectivity index (χ0n) is 18.1. The fraction of sp³-hybridized carbons (Fsp3) is 0.167. The maximum atomic E-state index is 12.5. The molecule has 5 rings (SSSR count). The number of para-hydroxylation sites is 1. The molecule has 9 heteroatoms. The Kier molecular flexibility index (Phi) is 5.97. The molecule has 0 aliphatic carbocycles. The highest BCUT2D eigenvalue weighted by molar-refractivity contribution is 7.99. The van der Waals surface area contributed by atoms with E-state index in [1.165, 1.54) is 34.0 Å². The third kappa shape index (κ3) is 4.42. The predicted molar refractivity (Wildman–Crippen MR) is 133 cm³/mol. The van der Waals surface area contributed by atoms with E-state index in [4.69, 9.17) is 4.74 Å². The lowest BCUT2D eigenvalue weighted by Gasteiger charge is -2.07. The number of nitrogens with zero attached hydrogens (tertiary/aromatic N) is 4. The lowest BCUT2D eigenvalue weighted by molar-refractivity contribution is -0.115. The number of benzene rings is 2. The molecule has 0 aliphatic heterocycles. The van der Waals surface area contributed by atoms with Crippen LogP contribution in [0.4, 0.5) is 5.13 Å². The van der Waals surface area contributed by atoms with Crippen LogP contribution in [0.3, 0.4) is 0 Å². The second kappa shape index (κ2) is 9.21. The van der Waals surface area contributed by atoms with Gasteiger partial charge in [0.15, 0.2) is 15.9 Å². The molecule has 0 spiro atoms. The molecule has 0 unspecified atom stereocenters. The average Bonchev–Trinajstić information content (AvgIpc) is 3.46. The first-order valence-corrected chi connectivity index (χ1v) is 12.2. The molecule has 0 saturated heterocycles. The second-order valence-corrected chi connectivity index (χ2v) is 9.35. The molecular formula is C24H21N5O2S2. The molecule has 166 valence electrons. The van der Waals surface area contributed by atoms with Crippen molar-refractivity contribution in [1.82, 2.24) is 19.6 Å². The van der Waals surface area contributed by atoms with Crippen molar-refractivity contribution in [1.29, 1.82) is 0 Å². The smallest absolute Gasteiger partial charge is 0.226 e. The first-order chi connectivity index (χ1) is 16.1. The molecule has 0 aliphatic rings. The van der Waals surface area contributed by atoms with Crippen LogP contribution < -0.4 is 10.1 Å². The van der Waals surface area contributed by atoms with E-state index in [0.29, 0.717) is 17.3 Å². The summed E-state index contributed by atoms with van der Waals surface area (Å²) < 4.78 is 7.24. The van der Waals surface area contributed by atoms with Gasteiger partial charge in [0, 0.05) is 28.5 Å². The summed E-state index contributed by atoms with van der Waals surface area (Å²) >= 11 is 2.93. The number of pyridine rings is 1. The normalized spacial score (nSPS) is 11.2. The molecule has 3 heterocycles. The van der Waals surface area contributed by atoms with Gasteiger partial charge in [-0.3, -0.25) is 9.20 Å². The number of methoxy groups -OCH3 is 1. The average molecular weight is 476 g/mol. The predicted octanol–water partition coefficient (Wildman–Crippen LogP) is 5.44. The minimum absolute atomic E-state index is 0.0762. The van der Waals surface area contributed by atoms with Crippen LogP contribution in [0.5, 0.6) is 5.75 Å². The number of carbonyl (C=O) groups excluding carboxylic acids is 1. The molecule has 0 radical (unpaired) electrons. The number of aromatic nitrogens is 4. The van der Waals surface area contributed by atoms with Crippen molar-refractivity contribution in [3.63, 3.8) is 0 Å². The van der Waals surface area contributed by atoms with E-state index in [1.807, 2.05) is 52.2 Å². The summed E-state index contributed by atoms with van der Waals surface area (Å²) in [6, 6.07) is 17.9. The third-order valence-corrected chi connectivity index (χ3v) is 6.96.